The lowest BCUT2D eigenvalue weighted by atomic mass is 10.1. The zero-order valence-electron chi connectivity index (χ0n) is 14.3. The van der Waals surface area contributed by atoms with Crippen molar-refractivity contribution in [1.82, 2.24) is 14.8 Å². The van der Waals surface area contributed by atoms with E-state index in [2.05, 4.69) is 23.9 Å². The Balaban J connectivity index is 2.49. The summed E-state index contributed by atoms with van der Waals surface area (Å²) >= 11 is 0. The molecule has 0 aliphatic rings. The number of nitrogens with zero attached hydrogens (tertiary/aromatic N) is 3. The lowest BCUT2D eigenvalue weighted by molar-refractivity contribution is 0.170. The average molecular weight is 307 g/mol. The molecule has 0 aliphatic carbocycles. The highest BCUT2D eigenvalue weighted by Crippen LogP contribution is 2.18. The third kappa shape index (κ3) is 6.89. The van der Waals surface area contributed by atoms with Crippen molar-refractivity contribution >= 4 is 6.09 Å². The van der Waals surface area contributed by atoms with E-state index in [1.165, 1.54) is 37.0 Å². The van der Waals surface area contributed by atoms with Gasteiger partial charge >= 0.3 is 6.09 Å². The highest BCUT2D eigenvalue weighted by Gasteiger charge is 2.13. The molecule has 0 N–H and O–H groups in total. The second-order valence-electron chi connectivity index (χ2n) is 5.86. The Labute approximate surface area is 134 Å². The number of hydrogen-bond donors (Lipinski definition) is 0. The van der Waals surface area contributed by atoms with Gasteiger partial charge in [0.05, 0.1) is 5.69 Å². The van der Waals surface area contributed by atoms with E-state index in [1.54, 1.807) is 32.4 Å². The quantitative estimate of drug-likeness (QED) is 0.655. The Kier molecular flexibility index (Phi) is 8.51. The van der Waals surface area contributed by atoms with Crippen molar-refractivity contribution in [1.29, 1.82) is 0 Å². The molecule has 1 heterocycles. The fraction of sp³-hybridized carbons (Fsp3) is 0.647. The van der Waals surface area contributed by atoms with Crippen LogP contribution in [0.25, 0.3) is 0 Å². The first-order valence-electron chi connectivity index (χ1n) is 8.06. The second-order valence-corrected chi connectivity index (χ2v) is 5.86. The molecular formula is C17H29N3O2. The van der Waals surface area contributed by atoms with Crippen molar-refractivity contribution in [2.24, 2.45) is 0 Å². The molecule has 124 valence electrons. The van der Waals surface area contributed by atoms with Gasteiger partial charge in [-0.25, -0.2) is 4.79 Å². The number of ether oxygens (including phenoxy) is 1. The van der Waals surface area contributed by atoms with Crippen molar-refractivity contribution in [3.05, 3.63) is 24.0 Å². The van der Waals surface area contributed by atoms with Gasteiger partial charge in [0.2, 0.25) is 0 Å². The molecule has 1 aromatic heterocycles. The van der Waals surface area contributed by atoms with E-state index in [0.717, 1.165) is 12.2 Å². The lowest BCUT2D eigenvalue weighted by Gasteiger charge is -2.18. The van der Waals surface area contributed by atoms with E-state index in [9.17, 15) is 4.79 Å². The van der Waals surface area contributed by atoms with Crippen LogP contribution in [0.15, 0.2) is 18.3 Å². The number of amides is 1. The van der Waals surface area contributed by atoms with Crippen LogP contribution in [0.1, 0.15) is 44.7 Å². The summed E-state index contributed by atoms with van der Waals surface area (Å²) in [6.07, 6.45) is 7.70. The SMILES string of the molecule is CCCCCCCN(C)Cc1ncccc1OC(=O)N(C)C. The minimum atomic E-state index is -0.378. The molecule has 0 bridgehead atoms. The Morgan fingerprint density at radius 2 is 1.91 bits per heavy atom. The normalized spacial score (nSPS) is 10.8. The van der Waals surface area contributed by atoms with Crippen LogP contribution in [-0.2, 0) is 6.54 Å². The third-order valence-corrected chi connectivity index (χ3v) is 3.47. The van der Waals surface area contributed by atoms with Gasteiger partial charge in [0.15, 0.2) is 5.75 Å². The second kappa shape index (κ2) is 10.2. The molecule has 5 nitrogen and oxygen atoms in total. The molecule has 0 radical (unpaired) electrons. The first-order chi connectivity index (χ1) is 10.5. The zero-order valence-corrected chi connectivity index (χ0v) is 14.3. The van der Waals surface area contributed by atoms with E-state index < -0.39 is 0 Å². The summed E-state index contributed by atoms with van der Waals surface area (Å²) in [6, 6.07) is 3.57. The lowest BCUT2D eigenvalue weighted by Crippen LogP contribution is -2.26. The van der Waals surface area contributed by atoms with E-state index >= 15 is 0 Å². The number of aromatic nitrogens is 1. The summed E-state index contributed by atoms with van der Waals surface area (Å²) in [5, 5.41) is 0. The van der Waals surface area contributed by atoms with Crippen molar-refractivity contribution in [2.75, 3.05) is 27.7 Å². The van der Waals surface area contributed by atoms with Crippen LogP contribution in [0.4, 0.5) is 4.79 Å². The van der Waals surface area contributed by atoms with Gasteiger partial charge in [-0.15, -0.1) is 0 Å². The maximum atomic E-state index is 11.7. The van der Waals surface area contributed by atoms with E-state index in [0.29, 0.717) is 12.3 Å². The first-order valence-corrected chi connectivity index (χ1v) is 8.06. The van der Waals surface area contributed by atoms with Gasteiger partial charge in [0.25, 0.3) is 0 Å². The minimum absolute atomic E-state index is 0.378. The Morgan fingerprint density at radius 3 is 2.59 bits per heavy atom. The smallest absolute Gasteiger partial charge is 0.408 e. The molecule has 0 saturated carbocycles. The number of pyridine rings is 1. The molecule has 0 aromatic carbocycles. The van der Waals surface area contributed by atoms with Gasteiger partial charge in [-0.1, -0.05) is 32.6 Å². The molecule has 1 aromatic rings. The number of carbonyl (C=O) groups is 1. The largest absolute Gasteiger partial charge is 0.414 e. The summed E-state index contributed by atoms with van der Waals surface area (Å²) in [4.78, 5) is 19.7. The molecule has 1 amide bonds. The van der Waals surface area contributed by atoms with Gasteiger partial charge in [0, 0.05) is 26.8 Å². The molecule has 0 spiro atoms. The van der Waals surface area contributed by atoms with Gasteiger partial charge in [-0.05, 0) is 32.1 Å². The summed E-state index contributed by atoms with van der Waals surface area (Å²) in [6.45, 7) is 3.94. The molecular weight excluding hydrogens is 278 g/mol. The first kappa shape index (κ1) is 18.4. The molecule has 0 aliphatic heterocycles. The van der Waals surface area contributed by atoms with Gasteiger partial charge < -0.3 is 14.5 Å². The highest BCUT2D eigenvalue weighted by atomic mass is 16.6. The van der Waals surface area contributed by atoms with E-state index in [1.807, 2.05) is 0 Å². The highest BCUT2D eigenvalue weighted by molar-refractivity contribution is 5.70. The van der Waals surface area contributed by atoms with E-state index in [-0.39, 0.29) is 6.09 Å². The standard InChI is InChI=1S/C17H29N3O2/c1-5-6-7-8-9-13-20(4)14-15-16(11-10-12-18-15)22-17(21)19(2)3/h10-12H,5-9,13-14H2,1-4H3. The van der Waals surface area contributed by atoms with Crippen molar-refractivity contribution in [2.45, 2.75) is 45.6 Å². The number of rotatable bonds is 9. The summed E-state index contributed by atoms with van der Waals surface area (Å²) in [5.41, 5.74) is 0.800. The molecule has 0 atom stereocenters. The molecule has 1 rings (SSSR count). The third-order valence-electron chi connectivity index (χ3n) is 3.47. The number of unbranched alkanes of at least 4 members (excludes halogenated alkanes) is 4. The van der Waals surface area contributed by atoms with Crippen LogP contribution < -0.4 is 4.74 Å². The number of carbonyl (C=O) groups excluding carboxylic acids is 1. The molecule has 0 fully saturated rings. The Bertz CT molecular complexity index is 449. The molecule has 0 saturated heterocycles. The fourth-order valence-corrected chi connectivity index (χ4v) is 2.14. The maximum Gasteiger partial charge on any atom is 0.414 e. The molecule has 22 heavy (non-hydrogen) atoms. The fourth-order valence-electron chi connectivity index (χ4n) is 2.14. The Morgan fingerprint density at radius 1 is 1.18 bits per heavy atom. The van der Waals surface area contributed by atoms with Gasteiger partial charge in [-0.3, -0.25) is 4.98 Å². The van der Waals surface area contributed by atoms with Gasteiger partial charge in [-0.2, -0.15) is 0 Å². The van der Waals surface area contributed by atoms with E-state index in [4.69, 9.17) is 4.74 Å². The maximum absolute atomic E-state index is 11.7. The van der Waals surface area contributed by atoms with Gasteiger partial charge in [0.1, 0.15) is 0 Å². The van der Waals surface area contributed by atoms with Crippen LogP contribution >= 0.6 is 0 Å². The van der Waals surface area contributed by atoms with Crippen LogP contribution in [0.5, 0.6) is 5.75 Å². The zero-order chi connectivity index (χ0) is 16.4. The van der Waals surface area contributed by atoms with Crippen molar-refractivity contribution < 1.29 is 9.53 Å². The monoisotopic (exact) mass is 307 g/mol. The predicted octanol–water partition coefficient (Wildman–Crippen LogP) is 3.54. The van der Waals surface area contributed by atoms with Crippen molar-refractivity contribution in [3.63, 3.8) is 0 Å². The van der Waals surface area contributed by atoms with Crippen LogP contribution in [0, 0.1) is 0 Å². The summed E-state index contributed by atoms with van der Waals surface area (Å²) in [5.74, 6) is 0.541. The Hall–Kier alpha value is -1.62. The minimum Gasteiger partial charge on any atom is -0.408 e. The summed E-state index contributed by atoms with van der Waals surface area (Å²) in [7, 11) is 5.41. The predicted molar refractivity (Wildman–Crippen MR) is 89.0 cm³/mol. The van der Waals surface area contributed by atoms with Crippen LogP contribution in [0.2, 0.25) is 0 Å². The summed E-state index contributed by atoms with van der Waals surface area (Å²) < 4.78 is 5.36. The van der Waals surface area contributed by atoms with Crippen molar-refractivity contribution in [3.8, 4) is 5.75 Å². The number of hydrogen-bond acceptors (Lipinski definition) is 4. The molecule has 5 heteroatoms. The average Bonchev–Trinajstić information content (AvgIpc) is 2.49. The molecule has 0 unspecified atom stereocenters. The van der Waals surface area contributed by atoms with Crippen LogP contribution in [0.3, 0.4) is 0 Å². The topological polar surface area (TPSA) is 45.7 Å². The van der Waals surface area contributed by atoms with Crippen LogP contribution in [-0.4, -0.2) is 48.6 Å².